The van der Waals surface area contributed by atoms with Gasteiger partial charge in [-0.3, -0.25) is 10.1 Å². The van der Waals surface area contributed by atoms with Gasteiger partial charge in [0.25, 0.3) is 0 Å². The van der Waals surface area contributed by atoms with Crippen LogP contribution in [0.1, 0.15) is 36.2 Å². The normalized spacial score (nSPS) is 24.1. The van der Waals surface area contributed by atoms with E-state index in [1.165, 1.54) is 9.75 Å². The van der Waals surface area contributed by atoms with E-state index >= 15 is 0 Å². The summed E-state index contributed by atoms with van der Waals surface area (Å²) in [7, 11) is 4.09. The Morgan fingerprint density at radius 1 is 1.43 bits per heavy atom. The topological polar surface area (TPSA) is 35.6 Å². The van der Waals surface area contributed by atoms with Crippen LogP contribution in [0.15, 0.2) is 12.1 Å². The number of amides is 1. The third kappa shape index (κ3) is 3.65. The second kappa shape index (κ2) is 6.90. The molecule has 5 heteroatoms. The molecule has 0 spiro atoms. The van der Waals surface area contributed by atoms with Gasteiger partial charge in [-0.05, 0) is 39.1 Å². The summed E-state index contributed by atoms with van der Waals surface area (Å²) in [5.74, 6) is 0.618. The molecular formula is C16H27N3OS. The summed E-state index contributed by atoms with van der Waals surface area (Å²) in [6, 6.07) is 4.23. The maximum absolute atomic E-state index is 12.8. The first-order valence-electron chi connectivity index (χ1n) is 7.71. The lowest BCUT2D eigenvalue weighted by atomic mass is 9.99. The molecule has 0 saturated carbocycles. The van der Waals surface area contributed by atoms with Crippen molar-refractivity contribution >= 4 is 17.2 Å². The number of carbonyl (C=O) groups is 1. The van der Waals surface area contributed by atoms with Gasteiger partial charge < -0.3 is 9.80 Å². The second-order valence-corrected chi connectivity index (χ2v) is 7.54. The molecular weight excluding hydrogens is 282 g/mol. The smallest absolute Gasteiger partial charge is 0.241 e. The van der Waals surface area contributed by atoms with Gasteiger partial charge in [0.2, 0.25) is 5.91 Å². The number of thiophene rings is 1. The van der Waals surface area contributed by atoms with Crippen LogP contribution in [-0.2, 0) is 4.79 Å². The summed E-state index contributed by atoms with van der Waals surface area (Å²) in [5, 5.41) is 3.56. The molecule has 2 rings (SSSR count). The molecule has 0 bridgehead atoms. The molecule has 3 atom stereocenters. The third-order valence-corrected chi connectivity index (χ3v) is 5.28. The lowest BCUT2D eigenvalue weighted by Crippen LogP contribution is -2.38. The first-order valence-corrected chi connectivity index (χ1v) is 8.53. The van der Waals surface area contributed by atoms with Gasteiger partial charge in [0.05, 0.1) is 6.04 Å². The van der Waals surface area contributed by atoms with Crippen molar-refractivity contribution in [3.05, 3.63) is 21.9 Å². The monoisotopic (exact) mass is 309 g/mol. The van der Waals surface area contributed by atoms with Crippen molar-refractivity contribution in [2.45, 2.75) is 39.4 Å². The van der Waals surface area contributed by atoms with Gasteiger partial charge in [0.1, 0.15) is 6.17 Å². The van der Waals surface area contributed by atoms with E-state index in [4.69, 9.17) is 0 Å². The zero-order chi connectivity index (χ0) is 15.6. The molecule has 0 radical (unpaired) electrons. The highest BCUT2D eigenvalue weighted by atomic mass is 32.1. The number of hydrogen-bond acceptors (Lipinski definition) is 4. The zero-order valence-electron chi connectivity index (χ0n) is 13.7. The lowest BCUT2D eigenvalue weighted by molar-refractivity contribution is -0.131. The standard InChI is InChI=1S/C16H27N3OS/c1-6-11(2)14-16(20)19(10-9-18(4)5)15(17-14)13-8-7-12(3)21-13/h7-8,11,14-15,17H,6,9-10H2,1-5H3. The van der Waals surface area contributed by atoms with Crippen LogP contribution in [0.4, 0.5) is 0 Å². The largest absolute Gasteiger partial charge is 0.319 e. The Morgan fingerprint density at radius 3 is 2.67 bits per heavy atom. The molecule has 1 aliphatic rings. The number of nitrogens with one attached hydrogen (secondary N) is 1. The first kappa shape index (κ1) is 16.5. The quantitative estimate of drug-likeness (QED) is 0.877. The average Bonchev–Trinajstić information content (AvgIpc) is 2.99. The van der Waals surface area contributed by atoms with Crippen molar-refractivity contribution in [3.63, 3.8) is 0 Å². The molecule has 2 heterocycles. The Morgan fingerprint density at radius 2 is 2.14 bits per heavy atom. The molecule has 1 aromatic rings. The molecule has 21 heavy (non-hydrogen) atoms. The minimum atomic E-state index is -0.0513. The molecule has 1 aliphatic heterocycles. The summed E-state index contributed by atoms with van der Waals surface area (Å²) in [6.45, 7) is 8.07. The van der Waals surface area contributed by atoms with Gasteiger partial charge in [-0.2, -0.15) is 0 Å². The minimum absolute atomic E-state index is 0.0372. The van der Waals surface area contributed by atoms with E-state index in [1.807, 2.05) is 19.0 Å². The molecule has 1 aromatic heterocycles. The van der Waals surface area contributed by atoms with Crippen LogP contribution in [0, 0.1) is 12.8 Å². The Labute approximate surface area is 132 Å². The summed E-state index contributed by atoms with van der Waals surface area (Å²) in [6.07, 6.45) is 1.05. The van der Waals surface area contributed by atoms with Crippen LogP contribution in [-0.4, -0.2) is 48.9 Å². The fraction of sp³-hybridized carbons (Fsp3) is 0.688. The highest BCUT2D eigenvalue weighted by Gasteiger charge is 2.41. The van der Waals surface area contributed by atoms with Gasteiger partial charge in [-0.1, -0.05) is 20.3 Å². The summed E-state index contributed by atoms with van der Waals surface area (Å²) in [5.41, 5.74) is 0. The Kier molecular flexibility index (Phi) is 5.41. The van der Waals surface area contributed by atoms with Crippen molar-refractivity contribution in [1.29, 1.82) is 0 Å². The predicted octanol–water partition coefficient (Wildman–Crippen LogP) is 2.46. The average molecular weight is 309 g/mol. The van der Waals surface area contributed by atoms with E-state index < -0.39 is 0 Å². The number of carbonyl (C=O) groups excluding carboxylic acids is 1. The predicted molar refractivity (Wildman–Crippen MR) is 88.4 cm³/mol. The Hall–Kier alpha value is -0.910. The lowest BCUT2D eigenvalue weighted by Gasteiger charge is -2.25. The van der Waals surface area contributed by atoms with Gasteiger partial charge in [0, 0.05) is 22.8 Å². The maximum Gasteiger partial charge on any atom is 0.241 e. The van der Waals surface area contributed by atoms with Crippen molar-refractivity contribution in [2.24, 2.45) is 5.92 Å². The number of aryl methyl sites for hydroxylation is 1. The van der Waals surface area contributed by atoms with E-state index in [0.717, 1.165) is 19.5 Å². The molecule has 0 aliphatic carbocycles. The molecule has 4 nitrogen and oxygen atoms in total. The van der Waals surface area contributed by atoms with E-state index in [1.54, 1.807) is 11.3 Å². The van der Waals surface area contributed by atoms with Crippen molar-refractivity contribution in [1.82, 2.24) is 15.1 Å². The fourth-order valence-electron chi connectivity index (χ4n) is 2.66. The van der Waals surface area contributed by atoms with Crippen molar-refractivity contribution < 1.29 is 4.79 Å². The summed E-state index contributed by atoms with van der Waals surface area (Å²) >= 11 is 1.78. The fourth-order valence-corrected chi connectivity index (χ4v) is 3.61. The third-order valence-electron chi connectivity index (χ3n) is 4.23. The van der Waals surface area contributed by atoms with Crippen LogP contribution < -0.4 is 5.32 Å². The zero-order valence-corrected chi connectivity index (χ0v) is 14.5. The number of nitrogens with zero attached hydrogens (tertiary/aromatic N) is 2. The van der Waals surface area contributed by atoms with E-state index in [-0.39, 0.29) is 18.1 Å². The molecule has 0 aromatic carbocycles. The molecule has 118 valence electrons. The van der Waals surface area contributed by atoms with E-state index in [9.17, 15) is 4.79 Å². The van der Waals surface area contributed by atoms with Gasteiger partial charge in [0.15, 0.2) is 0 Å². The minimum Gasteiger partial charge on any atom is -0.319 e. The first-order chi connectivity index (χ1) is 9.93. The number of likely N-dealkylation sites (N-methyl/N-ethyl adjacent to an activating group) is 1. The van der Waals surface area contributed by atoms with E-state index in [2.05, 4.69) is 43.1 Å². The van der Waals surface area contributed by atoms with E-state index in [0.29, 0.717) is 5.92 Å². The molecule has 1 N–H and O–H groups in total. The van der Waals surface area contributed by atoms with Crippen LogP contribution >= 0.6 is 11.3 Å². The van der Waals surface area contributed by atoms with Crippen LogP contribution in [0.5, 0.6) is 0 Å². The molecule has 1 fully saturated rings. The second-order valence-electron chi connectivity index (χ2n) is 6.22. The van der Waals surface area contributed by atoms with Crippen LogP contribution in [0.3, 0.4) is 0 Å². The highest BCUT2D eigenvalue weighted by molar-refractivity contribution is 7.12. The maximum atomic E-state index is 12.8. The van der Waals surface area contributed by atoms with Crippen LogP contribution in [0.2, 0.25) is 0 Å². The van der Waals surface area contributed by atoms with Crippen LogP contribution in [0.25, 0.3) is 0 Å². The number of rotatable bonds is 6. The van der Waals surface area contributed by atoms with Gasteiger partial charge in [-0.25, -0.2) is 0 Å². The summed E-state index contributed by atoms with van der Waals surface area (Å²) < 4.78 is 0. The van der Waals surface area contributed by atoms with Gasteiger partial charge in [-0.15, -0.1) is 11.3 Å². The Bertz CT molecular complexity index is 486. The SMILES string of the molecule is CCC(C)C1NC(c2ccc(C)s2)N(CCN(C)C)C1=O. The highest BCUT2D eigenvalue weighted by Crippen LogP contribution is 2.32. The summed E-state index contributed by atoms with van der Waals surface area (Å²) in [4.78, 5) is 19.4. The molecule has 3 unspecified atom stereocenters. The van der Waals surface area contributed by atoms with Crippen molar-refractivity contribution in [3.8, 4) is 0 Å². The van der Waals surface area contributed by atoms with Gasteiger partial charge >= 0.3 is 0 Å². The Balaban J connectivity index is 2.20. The molecule has 1 amide bonds. The number of hydrogen-bond donors (Lipinski definition) is 1. The molecule has 1 saturated heterocycles. The van der Waals surface area contributed by atoms with Crippen molar-refractivity contribution in [2.75, 3.05) is 27.2 Å².